The van der Waals surface area contributed by atoms with Crippen molar-refractivity contribution in [1.82, 2.24) is 0 Å². The molecule has 4 heteroatoms. The van der Waals surface area contributed by atoms with Crippen molar-refractivity contribution < 1.29 is 14.3 Å². The zero-order chi connectivity index (χ0) is 9.84. The van der Waals surface area contributed by atoms with Crippen LogP contribution in [0.5, 0.6) is 0 Å². The number of carbonyl (C=O) groups is 2. The molecule has 0 aliphatic rings. The normalized spacial score (nSPS) is 9.69. The van der Waals surface area contributed by atoms with E-state index in [1.165, 1.54) is 18.3 Å². The first-order valence-corrected chi connectivity index (χ1v) is 4.64. The van der Waals surface area contributed by atoms with Gasteiger partial charge in [-0.1, -0.05) is 0 Å². The summed E-state index contributed by atoms with van der Waals surface area (Å²) in [7, 11) is 0. The number of hydrogen-bond donors (Lipinski definition) is 0. The summed E-state index contributed by atoms with van der Waals surface area (Å²) in [4.78, 5) is 23.4. The van der Waals surface area contributed by atoms with Gasteiger partial charge in [-0.25, -0.2) is 0 Å². The standard InChI is InChI=1S/C9H10O3S/c1-6-3-4-9(13-6)8(11)5-12-7(2)10/h3-4H,5H2,1-2H3. The number of aryl methyl sites for hydroxylation is 1. The molecule has 0 aromatic carbocycles. The van der Waals surface area contributed by atoms with E-state index < -0.39 is 5.97 Å². The highest BCUT2D eigenvalue weighted by molar-refractivity contribution is 7.14. The predicted molar refractivity (Wildman–Crippen MR) is 50.0 cm³/mol. The first kappa shape index (κ1) is 9.92. The molecule has 0 radical (unpaired) electrons. The Morgan fingerprint density at radius 3 is 2.62 bits per heavy atom. The van der Waals surface area contributed by atoms with Gasteiger partial charge in [0.15, 0.2) is 6.61 Å². The summed E-state index contributed by atoms with van der Waals surface area (Å²) in [5.74, 6) is -0.574. The van der Waals surface area contributed by atoms with Gasteiger partial charge in [-0.05, 0) is 19.1 Å². The van der Waals surface area contributed by atoms with Crippen LogP contribution in [0.25, 0.3) is 0 Å². The number of esters is 1. The molecule has 13 heavy (non-hydrogen) atoms. The second kappa shape index (κ2) is 4.18. The van der Waals surface area contributed by atoms with Crippen LogP contribution in [0.15, 0.2) is 12.1 Å². The van der Waals surface area contributed by atoms with Gasteiger partial charge in [0, 0.05) is 11.8 Å². The molecule has 0 aliphatic heterocycles. The summed E-state index contributed by atoms with van der Waals surface area (Å²) < 4.78 is 4.59. The Bertz CT molecular complexity index is 327. The third kappa shape index (κ3) is 2.99. The van der Waals surface area contributed by atoms with Crippen molar-refractivity contribution in [3.05, 3.63) is 21.9 Å². The van der Waals surface area contributed by atoms with Crippen LogP contribution in [0.2, 0.25) is 0 Å². The lowest BCUT2D eigenvalue weighted by atomic mass is 10.3. The van der Waals surface area contributed by atoms with Crippen LogP contribution in [0.1, 0.15) is 21.5 Å². The van der Waals surface area contributed by atoms with Crippen molar-refractivity contribution in [1.29, 1.82) is 0 Å². The van der Waals surface area contributed by atoms with Crippen molar-refractivity contribution in [3.63, 3.8) is 0 Å². The quantitative estimate of drug-likeness (QED) is 0.549. The van der Waals surface area contributed by atoms with Crippen molar-refractivity contribution in [2.24, 2.45) is 0 Å². The minimum atomic E-state index is -0.429. The minimum Gasteiger partial charge on any atom is -0.457 e. The number of rotatable bonds is 3. The van der Waals surface area contributed by atoms with E-state index in [0.717, 1.165) is 4.88 Å². The van der Waals surface area contributed by atoms with E-state index >= 15 is 0 Å². The SMILES string of the molecule is CC(=O)OCC(=O)c1ccc(C)s1. The molecular weight excluding hydrogens is 188 g/mol. The van der Waals surface area contributed by atoms with Gasteiger partial charge in [-0.15, -0.1) is 11.3 Å². The van der Waals surface area contributed by atoms with Crippen molar-refractivity contribution >= 4 is 23.1 Å². The number of hydrogen-bond acceptors (Lipinski definition) is 4. The smallest absolute Gasteiger partial charge is 0.303 e. The van der Waals surface area contributed by atoms with E-state index in [0.29, 0.717) is 4.88 Å². The molecular formula is C9H10O3S. The molecule has 0 atom stereocenters. The maximum absolute atomic E-state index is 11.3. The third-order valence-corrected chi connectivity index (χ3v) is 2.46. The Morgan fingerprint density at radius 2 is 2.15 bits per heavy atom. The molecule has 0 saturated carbocycles. The molecule has 3 nitrogen and oxygen atoms in total. The topological polar surface area (TPSA) is 43.4 Å². The lowest BCUT2D eigenvalue weighted by Gasteiger charge is -1.97. The summed E-state index contributed by atoms with van der Waals surface area (Å²) in [5.41, 5.74) is 0. The molecule has 0 aliphatic carbocycles. The van der Waals surface area contributed by atoms with Crippen molar-refractivity contribution in [2.75, 3.05) is 6.61 Å². The highest BCUT2D eigenvalue weighted by atomic mass is 32.1. The predicted octanol–water partition coefficient (Wildman–Crippen LogP) is 1.80. The van der Waals surface area contributed by atoms with Gasteiger partial charge in [0.25, 0.3) is 0 Å². The molecule has 70 valence electrons. The summed E-state index contributed by atoms with van der Waals surface area (Å²) in [5, 5.41) is 0. The third-order valence-electron chi connectivity index (χ3n) is 1.42. The highest BCUT2D eigenvalue weighted by Gasteiger charge is 2.09. The van der Waals surface area contributed by atoms with Crippen LogP contribution in [0, 0.1) is 6.92 Å². The molecule has 0 fully saturated rings. The maximum Gasteiger partial charge on any atom is 0.303 e. The number of carbonyl (C=O) groups excluding carboxylic acids is 2. The van der Waals surface area contributed by atoms with E-state index in [1.807, 2.05) is 13.0 Å². The lowest BCUT2D eigenvalue weighted by Crippen LogP contribution is -2.10. The van der Waals surface area contributed by atoms with Crippen LogP contribution >= 0.6 is 11.3 Å². The number of Topliss-reactive ketones (excluding diaryl/α,β-unsaturated/α-hetero) is 1. The second-order valence-corrected chi connectivity index (χ2v) is 3.90. The molecule has 1 rings (SSSR count). The van der Waals surface area contributed by atoms with Crippen LogP contribution in [0.4, 0.5) is 0 Å². The fourth-order valence-electron chi connectivity index (χ4n) is 0.823. The van der Waals surface area contributed by atoms with Gasteiger partial charge in [0.2, 0.25) is 5.78 Å². The second-order valence-electron chi connectivity index (χ2n) is 2.61. The van der Waals surface area contributed by atoms with Crippen molar-refractivity contribution in [2.45, 2.75) is 13.8 Å². The summed E-state index contributed by atoms with van der Waals surface area (Å²) in [6, 6.07) is 3.61. The molecule has 0 saturated heterocycles. The summed E-state index contributed by atoms with van der Waals surface area (Å²) >= 11 is 1.41. The Balaban J connectivity index is 2.54. The first-order valence-electron chi connectivity index (χ1n) is 3.82. The van der Waals surface area contributed by atoms with E-state index in [4.69, 9.17) is 0 Å². The molecule has 0 bridgehead atoms. The zero-order valence-corrected chi connectivity index (χ0v) is 8.31. The Labute approximate surface area is 80.3 Å². The van der Waals surface area contributed by atoms with E-state index in [-0.39, 0.29) is 12.4 Å². The van der Waals surface area contributed by atoms with Crippen LogP contribution in [-0.4, -0.2) is 18.4 Å². The van der Waals surface area contributed by atoms with Crippen LogP contribution < -0.4 is 0 Å². The first-order chi connectivity index (χ1) is 6.09. The van der Waals surface area contributed by atoms with Crippen molar-refractivity contribution in [3.8, 4) is 0 Å². The largest absolute Gasteiger partial charge is 0.457 e. The van der Waals surface area contributed by atoms with Gasteiger partial charge in [0.05, 0.1) is 4.88 Å². The average Bonchev–Trinajstić information content (AvgIpc) is 2.47. The molecule has 0 unspecified atom stereocenters. The Kier molecular flexibility index (Phi) is 3.19. The molecule has 1 aromatic heterocycles. The van der Waals surface area contributed by atoms with Gasteiger partial charge in [-0.2, -0.15) is 0 Å². The number of ketones is 1. The summed E-state index contributed by atoms with van der Waals surface area (Å²) in [6.07, 6.45) is 0. The lowest BCUT2D eigenvalue weighted by molar-refractivity contribution is -0.139. The van der Waals surface area contributed by atoms with E-state index in [2.05, 4.69) is 4.74 Å². The van der Waals surface area contributed by atoms with Gasteiger partial charge < -0.3 is 4.74 Å². The number of ether oxygens (including phenoxy) is 1. The zero-order valence-electron chi connectivity index (χ0n) is 7.49. The minimum absolute atomic E-state index is 0.145. The van der Waals surface area contributed by atoms with Gasteiger partial charge >= 0.3 is 5.97 Å². The maximum atomic E-state index is 11.3. The number of thiophene rings is 1. The molecule has 0 amide bonds. The van der Waals surface area contributed by atoms with Crippen LogP contribution in [0.3, 0.4) is 0 Å². The fraction of sp³-hybridized carbons (Fsp3) is 0.333. The molecule has 0 N–H and O–H groups in total. The molecule has 0 spiro atoms. The molecule has 1 heterocycles. The van der Waals surface area contributed by atoms with E-state index in [1.54, 1.807) is 6.07 Å². The van der Waals surface area contributed by atoms with Crippen LogP contribution in [-0.2, 0) is 9.53 Å². The van der Waals surface area contributed by atoms with Gasteiger partial charge in [-0.3, -0.25) is 9.59 Å². The fourth-order valence-corrected chi connectivity index (χ4v) is 1.61. The van der Waals surface area contributed by atoms with Gasteiger partial charge in [0.1, 0.15) is 0 Å². The Morgan fingerprint density at radius 1 is 1.46 bits per heavy atom. The molecule has 1 aromatic rings. The Hall–Kier alpha value is -1.16. The summed E-state index contributed by atoms with van der Waals surface area (Å²) in [6.45, 7) is 3.05. The monoisotopic (exact) mass is 198 g/mol. The van der Waals surface area contributed by atoms with E-state index in [9.17, 15) is 9.59 Å². The highest BCUT2D eigenvalue weighted by Crippen LogP contribution is 2.15. The average molecular weight is 198 g/mol.